The van der Waals surface area contributed by atoms with E-state index in [4.69, 9.17) is 0 Å². The van der Waals surface area contributed by atoms with Gasteiger partial charge in [-0.05, 0) is 36.8 Å². The Morgan fingerprint density at radius 3 is 2.62 bits per heavy atom. The van der Waals surface area contributed by atoms with Gasteiger partial charge in [0, 0.05) is 24.5 Å². The van der Waals surface area contributed by atoms with Crippen molar-refractivity contribution in [3.63, 3.8) is 0 Å². The van der Waals surface area contributed by atoms with Crippen LogP contribution >= 0.6 is 0 Å². The zero-order chi connectivity index (χ0) is 15.6. The summed E-state index contributed by atoms with van der Waals surface area (Å²) < 4.78 is 14.6. The zero-order valence-corrected chi connectivity index (χ0v) is 11.5. The standard InChI is InChI=1S/C15H13FN2O3/c1-9-5-11(3-4-12(9)16)17-15(21)13-6-10(7-18(13)2)14(20)8-19/h3-8H,1-2H3,(H,17,21). The molecule has 0 radical (unpaired) electrons. The number of hydrogen-bond donors (Lipinski definition) is 1. The Labute approximate surface area is 120 Å². The lowest BCUT2D eigenvalue weighted by atomic mass is 10.2. The molecule has 0 atom stereocenters. The van der Waals surface area contributed by atoms with Crippen LogP contribution in [0, 0.1) is 12.7 Å². The van der Waals surface area contributed by atoms with Crippen molar-refractivity contribution in [2.24, 2.45) is 7.05 Å². The van der Waals surface area contributed by atoms with E-state index >= 15 is 0 Å². The Morgan fingerprint density at radius 2 is 2.00 bits per heavy atom. The normalized spacial score (nSPS) is 10.2. The highest BCUT2D eigenvalue weighted by atomic mass is 19.1. The number of carbonyl (C=O) groups is 3. The molecule has 0 saturated carbocycles. The summed E-state index contributed by atoms with van der Waals surface area (Å²) in [7, 11) is 1.59. The monoisotopic (exact) mass is 288 g/mol. The van der Waals surface area contributed by atoms with Crippen LogP contribution in [0.3, 0.4) is 0 Å². The number of aromatic nitrogens is 1. The number of nitrogens with one attached hydrogen (secondary N) is 1. The molecule has 0 bridgehead atoms. The molecule has 0 aliphatic rings. The van der Waals surface area contributed by atoms with Gasteiger partial charge in [0.1, 0.15) is 11.5 Å². The van der Waals surface area contributed by atoms with Crippen molar-refractivity contribution in [3.05, 3.63) is 53.1 Å². The Hall–Kier alpha value is -2.76. The first-order valence-electron chi connectivity index (χ1n) is 6.15. The number of halogens is 1. The van der Waals surface area contributed by atoms with E-state index < -0.39 is 11.7 Å². The van der Waals surface area contributed by atoms with Crippen LogP contribution in [0.25, 0.3) is 0 Å². The van der Waals surface area contributed by atoms with Gasteiger partial charge in [0.2, 0.25) is 5.78 Å². The van der Waals surface area contributed by atoms with Crippen LogP contribution in [0.2, 0.25) is 0 Å². The fourth-order valence-corrected chi connectivity index (χ4v) is 1.91. The smallest absolute Gasteiger partial charge is 0.272 e. The summed E-state index contributed by atoms with van der Waals surface area (Å²) in [5.41, 5.74) is 1.23. The molecule has 6 heteroatoms. The van der Waals surface area contributed by atoms with E-state index in [1.165, 1.54) is 35.0 Å². The first-order valence-corrected chi connectivity index (χ1v) is 6.15. The molecule has 1 N–H and O–H groups in total. The third-order valence-electron chi connectivity index (χ3n) is 3.04. The summed E-state index contributed by atoms with van der Waals surface area (Å²) in [4.78, 5) is 33.9. The Balaban J connectivity index is 2.24. The van der Waals surface area contributed by atoms with Crippen LogP contribution in [-0.2, 0) is 11.8 Å². The minimum Gasteiger partial charge on any atom is -0.346 e. The van der Waals surface area contributed by atoms with Crippen LogP contribution in [0.1, 0.15) is 26.4 Å². The van der Waals surface area contributed by atoms with Crippen molar-refractivity contribution >= 4 is 23.7 Å². The van der Waals surface area contributed by atoms with E-state index in [9.17, 15) is 18.8 Å². The average molecular weight is 288 g/mol. The number of hydrogen-bond acceptors (Lipinski definition) is 3. The predicted octanol–water partition coefficient (Wildman–Crippen LogP) is 2.11. The number of Topliss-reactive ketones (excluding diaryl/α,β-unsaturated/α-hetero) is 1. The van der Waals surface area contributed by atoms with Crippen molar-refractivity contribution in [3.8, 4) is 0 Å². The first kappa shape index (κ1) is 14.6. The maximum atomic E-state index is 13.2. The van der Waals surface area contributed by atoms with Crippen molar-refractivity contribution in [2.45, 2.75) is 6.92 Å². The molecule has 0 aliphatic heterocycles. The number of amides is 1. The molecule has 0 unspecified atom stereocenters. The van der Waals surface area contributed by atoms with E-state index in [-0.39, 0.29) is 23.4 Å². The SMILES string of the molecule is Cc1cc(NC(=O)c2cc(C(=O)C=O)cn2C)ccc1F. The van der Waals surface area contributed by atoms with E-state index in [0.717, 1.165) is 0 Å². The fourth-order valence-electron chi connectivity index (χ4n) is 1.91. The third-order valence-corrected chi connectivity index (χ3v) is 3.04. The number of ketones is 1. The number of anilines is 1. The number of carbonyl (C=O) groups excluding carboxylic acids is 3. The summed E-state index contributed by atoms with van der Waals surface area (Å²) in [6, 6.07) is 5.55. The molecule has 108 valence electrons. The molecule has 0 saturated heterocycles. The number of aryl methyl sites for hydroxylation is 2. The summed E-state index contributed by atoms with van der Waals surface area (Å²) in [5.74, 6) is -1.50. The topological polar surface area (TPSA) is 68.2 Å². The number of rotatable bonds is 4. The molecule has 2 aromatic rings. The van der Waals surface area contributed by atoms with E-state index in [2.05, 4.69) is 5.32 Å². The van der Waals surface area contributed by atoms with Gasteiger partial charge >= 0.3 is 0 Å². The van der Waals surface area contributed by atoms with Gasteiger partial charge in [0.05, 0.1) is 0 Å². The third kappa shape index (κ3) is 3.05. The summed E-state index contributed by atoms with van der Waals surface area (Å²) in [6.45, 7) is 1.59. The van der Waals surface area contributed by atoms with E-state index in [1.807, 2.05) is 0 Å². The largest absolute Gasteiger partial charge is 0.346 e. The summed E-state index contributed by atoms with van der Waals surface area (Å²) in [6.07, 6.45) is 1.60. The highest BCUT2D eigenvalue weighted by Gasteiger charge is 2.15. The van der Waals surface area contributed by atoms with Gasteiger partial charge in [0.15, 0.2) is 6.29 Å². The maximum absolute atomic E-state index is 13.2. The maximum Gasteiger partial charge on any atom is 0.272 e. The quantitative estimate of drug-likeness (QED) is 0.532. The molecule has 1 heterocycles. The highest BCUT2D eigenvalue weighted by Crippen LogP contribution is 2.15. The molecule has 1 amide bonds. The Bertz CT molecular complexity index is 735. The molecule has 2 rings (SSSR count). The summed E-state index contributed by atoms with van der Waals surface area (Å²) in [5, 5.41) is 2.61. The van der Waals surface area contributed by atoms with E-state index in [0.29, 0.717) is 11.3 Å². The molecule has 0 spiro atoms. The lowest BCUT2D eigenvalue weighted by Crippen LogP contribution is -2.15. The van der Waals surface area contributed by atoms with Gasteiger partial charge in [-0.1, -0.05) is 0 Å². The van der Waals surface area contributed by atoms with Crippen LogP contribution in [-0.4, -0.2) is 22.5 Å². The highest BCUT2D eigenvalue weighted by molar-refractivity contribution is 6.33. The van der Waals surface area contributed by atoms with Crippen molar-refractivity contribution < 1.29 is 18.8 Å². The van der Waals surface area contributed by atoms with Gasteiger partial charge in [-0.3, -0.25) is 14.4 Å². The molecular formula is C15H13FN2O3. The minimum absolute atomic E-state index is 0.146. The average Bonchev–Trinajstić information content (AvgIpc) is 2.84. The van der Waals surface area contributed by atoms with Crippen molar-refractivity contribution in [2.75, 3.05) is 5.32 Å². The Morgan fingerprint density at radius 1 is 1.29 bits per heavy atom. The number of nitrogens with zero attached hydrogens (tertiary/aromatic N) is 1. The number of aldehydes is 1. The lowest BCUT2D eigenvalue weighted by Gasteiger charge is -2.07. The molecule has 1 aromatic carbocycles. The predicted molar refractivity (Wildman–Crippen MR) is 74.9 cm³/mol. The van der Waals surface area contributed by atoms with Gasteiger partial charge in [0.25, 0.3) is 5.91 Å². The van der Waals surface area contributed by atoms with Gasteiger partial charge < -0.3 is 9.88 Å². The van der Waals surface area contributed by atoms with Crippen molar-refractivity contribution in [1.29, 1.82) is 0 Å². The van der Waals surface area contributed by atoms with Crippen LogP contribution in [0.5, 0.6) is 0 Å². The van der Waals surface area contributed by atoms with Crippen molar-refractivity contribution in [1.82, 2.24) is 4.57 Å². The molecular weight excluding hydrogens is 275 g/mol. The molecule has 21 heavy (non-hydrogen) atoms. The number of benzene rings is 1. The molecule has 1 aromatic heterocycles. The van der Waals surface area contributed by atoms with Gasteiger partial charge in [-0.15, -0.1) is 0 Å². The molecule has 0 aliphatic carbocycles. The van der Waals surface area contributed by atoms with Crippen LogP contribution < -0.4 is 5.32 Å². The second kappa shape index (κ2) is 5.70. The van der Waals surface area contributed by atoms with Gasteiger partial charge in [-0.2, -0.15) is 0 Å². The van der Waals surface area contributed by atoms with Gasteiger partial charge in [-0.25, -0.2) is 4.39 Å². The first-order chi connectivity index (χ1) is 9.92. The second-order valence-corrected chi connectivity index (χ2v) is 4.63. The molecule has 0 fully saturated rings. The molecule has 5 nitrogen and oxygen atoms in total. The Kier molecular flexibility index (Phi) is 3.98. The lowest BCUT2D eigenvalue weighted by molar-refractivity contribution is -0.104. The van der Waals surface area contributed by atoms with E-state index in [1.54, 1.807) is 14.0 Å². The van der Waals surface area contributed by atoms with Crippen LogP contribution in [0.4, 0.5) is 10.1 Å². The second-order valence-electron chi connectivity index (χ2n) is 4.63. The fraction of sp³-hybridized carbons (Fsp3) is 0.133. The van der Waals surface area contributed by atoms with Crippen LogP contribution in [0.15, 0.2) is 30.5 Å². The zero-order valence-electron chi connectivity index (χ0n) is 11.5. The minimum atomic E-state index is -0.692. The summed E-state index contributed by atoms with van der Waals surface area (Å²) >= 11 is 0.